The van der Waals surface area contributed by atoms with Crippen LogP contribution in [0.25, 0.3) is 10.6 Å². The van der Waals surface area contributed by atoms with E-state index in [-0.39, 0.29) is 17.7 Å². The zero-order valence-electron chi connectivity index (χ0n) is 14.2. The number of methoxy groups -OCH3 is 1. The van der Waals surface area contributed by atoms with Crippen molar-refractivity contribution < 1.29 is 9.47 Å². The van der Waals surface area contributed by atoms with E-state index < -0.39 is 0 Å². The van der Waals surface area contributed by atoms with Crippen LogP contribution >= 0.6 is 11.3 Å². The van der Waals surface area contributed by atoms with Crippen LogP contribution in [0.1, 0.15) is 25.3 Å². The minimum Gasteiger partial charge on any atom is -0.496 e. The fraction of sp³-hybridized carbons (Fsp3) is 0.235. The second kappa shape index (κ2) is 6.94. The van der Waals surface area contributed by atoms with Crippen molar-refractivity contribution in [3.8, 4) is 27.8 Å². The van der Waals surface area contributed by atoms with Crippen molar-refractivity contribution in [2.45, 2.75) is 19.8 Å². The van der Waals surface area contributed by atoms with E-state index in [1.807, 2.05) is 17.5 Å². The molecule has 0 aliphatic carbocycles. The molecule has 7 nitrogen and oxygen atoms in total. The molecule has 0 bridgehead atoms. The maximum absolute atomic E-state index is 6.01. The molecule has 0 amide bonds. The molecule has 0 fully saturated rings. The van der Waals surface area contributed by atoms with Gasteiger partial charge in [0.15, 0.2) is 11.6 Å². The lowest BCUT2D eigenvalue weighted by Gasteiger charge is -2.18. The van der Waals surface area contributed by atoms with Gasteiger partial charge >= 0.3 is 0 Å². The summed E-state index contributed by atoms with van der Waals surface area (Å²) >= 11 is 1.53. The summed E-state index contributed by atoms with van der Waals surface area (Å²) in [7, 11) is 1.64. The Balaban J connectivity index is 2.11. The van der Waals surface area contributed by atoms with Crippen LogP contribution < -0.4 is 20.9 Å². The Kier molecular flexibility index (Phi) is 4.71. The number of nitrogens with two attached hydrogens (primary N) is 2. The number of rotatable bonds is 5. The van der Waals surface area contributed by atoms with Crippen LogP contribution in [0.3, 0.4) is 0 Å². The van der Waals surface area contributed by atoms with Crippen LogP contribution in [0.2, 0.25) is 0 Å². The van der Waals surface area contributed by atoms with E-state index >= 15 is 0 Å². The fourth-order valence-electron chi connectivity index (χ4n) is 2.40. The summed E-state index contributed by atoms with van der Waals surface area (Å²) in [5.74, 6) is 2.26. The zero-order chi connectivity index (χ0) is 18.0. The Labute approximate surface area is 149 Å². The highest BCUT2D eigenvalue weighted by Crippen LogP contribution is 2.41. The number of hydrogen-bond acceptors (Lipinski definition) is 8. The van der Waals surface area contributed by atoms with Gasteiger partial charge in [-0.1, -0.05) is 13.8 Å². The predicted molar refractivity (Wildman–Crippen MR) is 99.1 cm³/mol. The normalized spacial score (nSPS) is 10.9. The van der Waals surface area contributed by atoms with Crippen molar-refractivity contribution in [1.82, 2.24) is 15.0 Å². The van der Waals surface area contributed by atoms with Crippen molar-refractivity contribution in [2.24, 2.45) is 0 Å². The van der Waals surface area contributed by atoms with Crippen LogP contribution in [0.15, 0.2) is 29.9 Å². The quantitative estimate of drug-likeness (QED) is 0.716. The van der Waals surface area contributed by atoms with Crippen molar-refractivity contribution >= 4 is 23.1 Å². The molecule has 2 aromatic heterocycles. The highest BCUT2D eigenvalue weighted by Gasteiger charge is 2.18. The molecule has 0 spiro atoms. The third kappa shape index (κ3) is 3.48. The SMILES string of the molecule is COc1cc(C(C)C)c(Oc2cnc(N)nc2N)cc1-c1nccs1. The number of nitrogen functional groups attached to an aromatic ring is 2. The fourth-order valence-corrected chi connectivity index (χ4v) is 3.06. The van der Waals surface area contributed by atoms with E-state index in [2.05, 4.69) is 28.8 Å². The van der Waals surface area contributed by atoms with Gasteiger partial charge < -0.3 is 20.9 Å². The number of nitrogens with zero attached hydrogens (tertiary/aromatic N) is 3. The summed E-state index contributed by atoms with van der Waals surface area (Å²) in [4.78, 5) is 12.2. The number of anilines is 2. The van der Waals surface area contributed by atoms with Crippen LogP contribution in [-0.2, 0) is 0 Å². The molecule has 3 rings (SSSR count). The minimum atomic E-state index is 0.104. The zero-order valence-corrected chi connectivity index (χ0v) is 15.0. The molecule has 4 N–H and O–H groups in total. The van der Waals surface area contributed by atoms with Gasteiger partial charge in [-0.15, -0.1) is 11.3 Å². The lowest BCUT2D eigenvalue weighted by Crippen LogP contribution is -2.03. The van der Waals surface area contributed by atoms with Crippen LogP contribution in [0, 0.1) is 0 Å². The first kappa shape index (κ1) is 17.0. The molecule has 0 aliphatic rings. The lowest BCUT2D eigenvalue weighted by atomic mass is 9.99. The first-order valence-electron chi connectivity index (χ1n) is 7.67. The topological polar surface area (TPSA) is 109 Å². The largest absolute Gasteiger partial charge is 0.496 e. The summed E-state index contributed by atoms with van der Waals surface area (Å²) in [5.41, 5.74) is 13.3. The number of thiazole rings is 1. The first-order chi connectivity index (χ1) is 12.0. The van der Waals surface area contributed by atoms with E-state index in [0.29, 0.717) is 11.5 Å². The van der Waals surface area contributed by atoms with Crippen molar-refractivity contribution in [3.05, 3.63) is 35.5 Å². The monoisotopic (exact) mass is 357 g/mol. The van der Waals surface area contributed by atoms with Gasteiger partial charge in [0.2, 0.25) is 5.95 Å². The maximum Gasteiger partial charge on any atom is 0.222 e. The molecule has 0 radical (unpaired) electrons. The second-order valence-electron chi connectivity index (χ2n) is 5.66. The van der Waals surface area contributed by atoms with Crippen LogP contribution in [0.4, 0.5) is 11.8 Å². The number of benzene rings is 1. The number of aromatic nitrogens is 3. The summed E-state index contributed by atoms with van der Waals surface area (Å²) in [6.07, 6.45) is 3.22. The van der Waals surface area contributed by atoms with Gasteiger partial charge in [0.05, 0.1) is 18.9 Å². The van der Waals surface area contributed by atoms with Gasteiger partial charge in [0.1, 0.15) is 16.5 Å². The van der Waals surface area contributed by atoms with Gasteiger partial charge in [0, 0.05) is 17.1 Å². The summed E-state index contributed by atoms with van der Waals surface area (Å²) < 4.78 is 11.6. The minimum absolute atomic E-state index is 0.104. The Morgan fingerprint density at radius 2 is 1.88 bits per heavy atom. The van der Waals surface area contributed by atoms with Gasteiger partial charge in [-0.2, -0.15) is 4.98 Å². The van der Waals surface area contributed by atoms with Gasteiger partial charge in [-0.05, 0) is 18.1 Å². The molecule has 8 heteroatoms. The summed E-state index contributed by atoms with van der Waals surface area (Å²) in [5, 5.41) is 2.76. The molecule has 3 aromatic rings. The molecular formula is C17H19N5O2S. The van der Waals surface area contributed by atoms with Crippen LogP contribution in [0.5, 0.6) is 17.2 Å². The number of ether oxygens (including phenoxy) is 2. The Bertz CT molecular complexity index is 881. The van der Waals surface area contributed by atoms with Gasteiger partial charge in [0.25, 0.3) is 0 Å². The van der Waals surface area contributed by atoms with Gasteiger partial charge in [-0.25, -0.2) is 9.97 Å². The van der Waals surface area contributed by atoms with E-state index in [0.717, 1.165) is 21.9 Å². The molecule has 1 aromatic carbocycles. The molecule has 0 atom stereocenters. The standard InChI is InChI=1S/C17H19N5O2S/c1-9(2)10-6-12(23-3)11(16-20-4-5-25-16)7-13(10)24-14-8-21-17(19)22-15(14)18/h4-9H,1-3H3,(H4,18,19,21,22). The molecule has 0 aliphatic heterocycles. The van der Waals surface area contributed by atoms with Crippen LogP contribution in [-0.4, -0.2) is 22.1 Å². The van der Waals surface area contributed by atoms with Crippen molar-refractivity contribution in [3.63, 3.8) is 0 Å². The van der Waals surface area contributed by atoms with E-state index in [9.17, 15) is 0 Å². The molecule has 130 valence electrons. The van der Waals surface area contributed by atoms with E-state index in [4.69, 9.17) is 20.9 Å². The molecule has 0 saturated heterocycles. The third-order valence-corrected chi connectivity index (χ3v) is 4.44. The Morgan fingerprint density at radius 3 is 2.48 bits per heavy atom. The predicted octanol–water partition coefficient (Wildman–Crippen LogP) is 3.69. The molecule has 0 unspecified atom stereocenters. The van der Waals surface area contributed by atoms with E-state index in [1.165, 1.54) is 17.5 Å². The highest BCUT2D eigenvalue weighted by molar-refractivity contribution is 7.13. The van der Waals surface area contributed by atoms with Gasteiger partial charge in [-0.3, -0.25) is 0 Å². The maximum atomic E-state index is 6.01. The van der Waals surface area contributed by atoms with Crippen molar-refractivity contribution in [1.29, 1.82) is 0 Å². The average Bonchev–Trinajstić information content (AvgIpc) is 3.11. The second-order valence-corrected chi connectivity index (χ2v) is 6.56. The molecule has 2 heterocycles. The van der Waals surface area contributed by atoms with E-state index in [1.54, 1.807) is 13.3 Å². The summed E-state index contributed by atoms with van der Waals surface area (Å²) in [6.45, 7) is 4.15. The molecule has 25 heavy (non-hydrogen) atoms. The third-order valence-electron chi connectivity index (χ3n) is 3.64. The smallest absolute Gasteiger partial charge is 0.222 e. The highest BCUT2D eigenvalue weighted by atomic mass is 32.1. The molecular weight excluding hydrogens is 338 g/mol. The average molecular weight is 357 g/mol. The molecule has 0 saturated carbocycles. The Morgan fingerprint density at radius 1 is 1.08 bits per heavy atom. The first-order valence-corrected chi connectivity index (χ1v) is 8.55. The Hall–Kier alpha value is -2.87. The number of hydrogen-bond donors (Lipinski definition) is 2. The summed E-state index contributed by atoms with van der Waals surface area (Å²) in [6, 6.07) is 3.87. The van der Waals surface area contributed by atoms with Crippen molar-refractivity contribution in [2.75, 3.05) is 18.6 Å². The lowest BCUT2D eigenvalue weighted by molar-refractivity contribution is 0.412.